The molecule has 3 nitrogen and oxygen atoms in total. The van der Waals surface area contributed by atoms with Crippen molar-refractivity contribution in [1.29, 1.82) is 0 Å². The van der Waals surface area contributed by atoms with E-state index in [4.69, 9.17) is 4.52 Å². The molecule has 0 amide bonds. The molecule has 3 aromatic rings. The minimum absolute atomic E-state index is 0.870. The molecule has 0 aliphatic carbocycles. The Kier molecular flexibility index (Phi) is 3.49. The number of fused-ring (bicyclic) bond motifs is 1. The molecular weight excluding hydrogens is 268 g/mol. The number of para-hydroxylation sites is 1. The molecular formula is C16H17N2OS+. The first-order valence-electron chi connectivity index (χ1n) is 6.61. The molecule has 2 heterocycles. The molecule has 3 rings (SSSR count). The van der Waals surface area contributed by atoms with Crippen LogP contribution in [-0.4, -0.2) is 5.16 Å². The van der Waals surface area contributed by atoms with Crippen LogP contribution in [0.1, 0.15) is 22.6 Å². The highest BCUT2D eigenvalue weighted by atomic mass is 32.2. The smallest absolute Gasteiger partial charge is 0.239 e. The van der Waals surface area contributed by atoms with Gasteiger partial charge in [-0.2, -0.15) is 4.98 Å². The molecule has 102 valence electrons. The van der Waals surface area contributed by atoms with Crippen molar-refractivity contribution in [2.45, 2.75) is 31.6 Å². The Labute approximate surface area is 122 Å². The first kappa shape index (κ1) is 13.2. The zero-order valence-electron chi connectivity index (χ0n) is 11.9. The summed E-state index contributed by atoms with van der Waals surface area (Å²) in [6.07, 6.45) is 0. The molecule has 0 bridgehead atoms. The van der Waals surface area contributed by atoms with Crippen LogP contribution in [0.5, 0.6) is 0 Å². The molecule has 1 aromatic carbocycles. The number of hydrogen-bond acceptors (Lipinski definition) is 3. The normalized spacial score (nSPS) is 11.2. The summed E-state index contributed by atoms with van der Waals surface area (Å²) in [6.45, 7) is 6.10. The second-order valence-electron chi connectivity index (χ2n) is 4.95. The van der Waals surface area contributed by atoms with Gasteiger partial charge in [-0.05, 0) is 32.4 Å². The molecule has 0 spiro atoms. The molecule has 0 unspecified atom stereocenters. The molecule has 0 saturated heterocycles. The Balaban J connectivity index is 1.88. The fourth-order valence-corrected chi connectivity index (χ4v) is 3.47. The standard InChI is InChI=1S/C16H16N2OS/c1-10-8-16(17-15-7-5-4-6-13(10)15)20-9-14-11(2)18-19-12(14)3/h4-8H,9H2,1-3H3/p+1. The largest absolute Gasteiger partial charge is 0.361 e. The highest BCUT2D eigenvalue weighted by Crippen LogP contribution is 2.25. The number of nitrogens with zero attached hydrogens (tertiary/aromatic N) is 1. The summed E-state index contributed by atoms with van der Waals surface area (Å²) in [4.78, 5) is 3.48. The Morgan fingerprint density at radius 1 is 1.20 bits per heavy atom. The van der Waals surface area contributed by atoms with Crippen LogP contribution in [0.4, 0.5) is 0 Å². The van der Waals surface area contributed by atoms with Crippen LogP contribution in [0.25, 0.3) is 10.9 Å². The Bertz CT molecular complexity index is 745. The van der Waals surface area contributed by atoms with E-state index in [-0.39, 0.29) is 0 Å². The fourth-order valence-electron chi connectivity index (χ4n) is 2.31. The maximum Gasteiger partial charge on any atom is 0.239 e. The Morgan fingerprint density at radius 3 is 2.75 bits per heavy atom. The van der Waals surface area contributed by atoms with Crippen LogP contribution < -0.4 is 4.98 Å². The number of H-pyrrole nitrogens is 1. The van der Waals surface area contributed by atoms with Gasteiger partial charge in [-0.25, -0.2) is 0 Å². The van der Waals surface area contributed by atoms with Crippen molar-refractivity contribution in [2.75, 3.05) is 0 Å². The maximum atomic E-state index is 5.20. The third kappa shape index (κ3) is 2.43. The molecule has 0 fully saturated rings. The number of benzene rings is 1. The van der Waals surface area contributed by atoms with Crippen molar-refractivity contribution in [3.05, 3.63) is 52.9 Å². The summed E-state index contributed by atoms with van der Waals surface area (Å²) in [7, 11) is 0. The number of hydrogen-bond donors (Lipinski definition) is 0. The SMILES string of the molecule is Cc1noc(C)c1CSc1cc(C)c2ccccc2[nH+]1. The average molecular weight is 285 g/mol. The topological polar surface area (TPSA) is 40.2 Å². The lowest BCUT2D eigenvalue weighted by Gasteiger charge is -2.01. The fraction of sp³-hybridized carbons (Fsp3) is 0.250. The van der Waals surface area contributed by atoms with Gasteiger partial charge in [0.15, 0.2) is 0 Å². The second kappa shape index (κ2) is 5.29. The van der Waals surface area contributed by atoms with Gasteiger partial charge in [0.2, 0.25) is 10.5 Å². The second-order valence-corrected chi connectivity index (χ2v) is 5.97. The van der Waals surface area contributed by atoms with Gasteiger partial charge in [0.05, 0.1) is 5.69 Å². The van der Waals surface area contributed by atoms with E-state index in [0.29, 0.717) is 0 Å². The van der Waals surface area contributed by atoms with Gasteiger partial charge in [0.25, 0.3) is 0 Å². The molecule has 20 heavy (non-hydrogen) atoms. The lowest BCUT2D eigenvalue weighted by molar-refractivity contribution is -0.395. The molecule has 0 aliphatic heterocycles. The lowest BCUT2D eigenvalue weighted by Crippen LogP contribution is -2.08. The van der Waals surface area contributed by atoms with Gasteiger partial charge in [-0.15, -0.1) is 0 Å². The summed E-state index contributed by atoms with van der Waals surface area (Å²) in [5.41, 5.74) is 4.64. The Morgan fingerprint density at radius 2 is 2.00 bits per heavy atom. The summed E-state index contributed by atoms with van der Waals surface area (Å²) >= 11 is 1.78. The van der Waals surface area contributed by atoms with Crippen LogP contribution in [0.15, 0.2) is 39.9 Å². The van der Waals surface area contributed by atoms with E-state index in [1.165, 1.54) is 27.1 Å². The van der Waals surface area contributed by atoms with Crippen LogP contribution >= 0.6 is 11.8 Å². The van der Waals surface area contributed by atoms with Gasteiger partial charge in [-0.3, -0.25) is 0 Å². The average Bonchev–Trinajstić information content (AvgIpc) is 2.76. The monoisotopic (exact) mass is 285 g/mol. The molecule has 2 aromatic heterocycles. The van der Waals surface area contributed by atoms with Crippen LogP contribution in [-0.2, 0) is 5.75 Å². The van der Waals surface area contributed by atoms with Crippen molar-refractivity contribution in [3.8, 4) is 0 Å². The quantitative estimate of drug-likeness (QED) is 0.686. The molecule has 0 saturated carbocycles. The lowest BCUT2D eigenvalue weighted by atomic mass is 10.1. The molecule has 1 N–H and O–H groups in total. The number of rotatable bonds is 3. The zero-order valence-corrected chi connectivity index (χ0v) is 12.7. The van der Waals surface area contributed by atoms with Crippen molar-refractivity contribution < 1.29 is 9.51 Å². The summed E-state index contributed by atoms with van der Waals surface area (Å²) in [5.74, 6) is 1.78. The molecule has 0 radical (unpaired) electrons. The third-order valence-electron chi connectivity index (χ3n) is 3.51. The van der Waals surface area contributed by atoms with Crippen LogP contribution in [0.2, 0.25) is 0 Å². The maximum absolute atomic E-state index is 5.20. The van der Waals surface area contributed by atoms with E-state index in [1.54, 1.807) is 11.8 Å². The number of aryl methyl sites for hydroxylation is 3. The predicted octanol–water partition coefficient (Wildman–Crippen LogP) is 3.86. The number of thioether (sulfide) groups is 1. The van der Waals surface area contributed by atoms with Crippen molar-refractivity contribution in [3.63, 3.8) is 0 Å². The number of aromatic nitrogens is 2. The van der Waals surface area contributed by atoms with Gasteiger partial charge < -0.3 is 4.52 Å². The minimum Gasteiger partial charge on any atom is -0.361 e. The van der Waals surface area contributed by atoms with Crippen molar-refractivity contribution in [1.82, 2.24) is 5.16 Å². The predicted molar refractivity (Wildman–Crippen MR) is 80.8 cm³/mol. The third-order valence-corrected chi connectivity index (χ3v) is 4.47. The van der Waals surface area contributed by atoms with Gasteiger partial charge in [0.1, 0.15) is 5.76 Å². The van der Waals surface area contributed by atoms with Crippen molar-refractivity contribution in [2.24, 2.45) is 0 Å². The Hall–Kier alpha value is -1.81. The van der Waals surface area contributed by atoms with E-state index in [1.807, 2.05) is 13.8 Å². The molecule has 4 heteroatoms. The van der Waals surface area contributed by atoms with E-state index >= 15 is 0 Å². The van der Waals surface area contributed by atoms with E-state index < -0.39 is 0 Å². The van der Waals surface area contributed by atoms with E-state index in [2.05, 4.69) is 47.4 Å². The number of aromatic amines is 1. The van der Waals surface area contributed by atoms with Crippen molar-refractivity contribution >= 4 is 22.7 Å². The summed E-state index contributed by atoms with van der Waals surface area (Å²) in [5, 5.41) is 6.44. The van der Waals surface area contributed by atoms with E-state index in [9.17, 15) is 0 Å². The zero-order chi connectivity index (χ0) is 14.1. The minimum atomic E-state index is 0.870. The van der Waals surface area contributed by atoms with Crippen LogP contribution in [0, 0.1) is 20.8 Å². The first-order valence-corrected chi connectivity index (χ1v) is 7.60. The highest BCUT2D eigenvalue weighted by Gasteiger charge is 2.13. The molecule has 0 atom stereocenters. The van der Waals surface area contributed by atoms with E-state index in [0.717, 1.165) is 17.2 Å². The highest BCUT2D eigenvalue weighted by molar-refractivity contribution is 7.98. The number of pyridine rings is 1. The summed E-state index contributed by atoms with van der Waals surface area (Å²) in [6, 6.07) is 10.6. The first-order chi connectivity index (χ1) is 9.65. The number of nitrogens with one attached hydrogen (secondary N) is 1. The summed E-state index contributed by atoms with van der Waals surface area (Å²) < 4.78 is 5.20. The van der Waals surface area contributed by atoms with Gasteiger partial charge in [0, 0.05) is 28.8 Å². The van der Waals surface area contributed by atoms with Gasteiger partial charge >= 0.3 is 0 Å². The van der Waals surface area contributed by atoms with Crippen LogP contribution in [0.3, 0.4) is 0 Å². The van der Waals surface area contributed by atoms with Gasteiger partial charge in [-0.1, -0.05) is 29.1 Å². The molecule has 0 aliphatic rings.